The van der Waals surface area contributed by atoms with Crippen LogP contribution in [0.1, 0.15) is 11.1 Å². The van der Waals surface area contributed by atoms with E-state index in [1.807, 2.05) is 5.38 Å². The number of thiazole rings is 1. The predicted molar refractivity (Wildman–Crippen MR) is 103 cm³/mol. The Morgan fingerprint density at radius 1 is 1.04 bits per heavy atom. The number of benzene rings is 2. The quantitative estimate of drug-likeness (QED) is 0.311. The first kappa shape index (κ1) is 19.8. The Kier molecular flexibility index (Phi) is 5.89. The highest BCUT2D eigenvalue weighted by Crippen LogP contribution is 2.29. The van der Waals surface area contributed by atoms with Gasteiger partial charge in [-0.2, -0.15) is 18.3 Å². The Hall–Kier alpha value is -3.00. The van der Waals surface area contributed by atoms with Gasteiger partial charge in [0.1, 0.15) is 5.82 Å². The molecule has 1 aromatic heterocycles. The Bertz CT molecular complexity index is 1040. The molecule has 0 radical (unpaired) electrons. The molecule has 0 aliphatic rings. The lowest BCUT2D eigenvalue weighted by molar-refractivity contribution is -0.137. The Balaban J connectivity index is 1.99. The summed E-state index contributed by atoms with van der Waals surface area (Å²) in [5.41, 5.74) is 1.21. The number of hydrogen-bond acceptors (Lipinski definition) is 3. The average Bonchev–Trinajstić information content (AvgIpc) is 3.07. The third-order valence-electron chi connectivity index (χ3n) is 3.74. The summed E-state index contributed by atoms with van der Waals surface area (Å²) in [7, 11) is 0. The molecule has 0 saturated carbocycles. The van der Waals surface area contributed by atoms with Crippen molar-refractivity contribution in [1.29, 1.82) is 0 Å². The normalized spacial score (nSPS) is 12.6. The van der Waals surface area contributed by atoms with E-state index in [1.54, 1.807) is 22.9 Å². The molecular formula is C20H15F4N3S. The zero-order chi connectivity index (χ0) is 20.1. The number of aromatic nitrogens is 1. The molecule has 0 aliphatic heterocycles. The second-order valence-corrected chi connectivity index (χ2v) is 6.55. The fraction of sp³-hybridized carbons (Fsp3) is 0.100. The summed E-state index contributed by atoms with van der Waals surface area (Å²) >= 11 is 1.35. The van der Waals surface area contributed by atoms with Gasteiger partial charge in [-0.1, -0.05) is 18.2 Å². The number of halogens is 4. The van der Waals surface area contributed by atoms with Crippen molar-refractivity contribution in [1.82, 2.24) is 4.68 Å². The number of nitrogens with zero attached hydrogens (tertiary/aromatic N) is 3. The molecule has 2 aromatic carbocycles. The largest absolute Gasteiger partial charge is 0.416 e. The summed E-state index contributed by atoms with van der Waals surface area (Å²) in [4.78, 5) is 4.96. The summed E-state index contributed by atoms with van der Waals surface area (Å²) in [5.74, 6) is -0.352. The summed E-state index contributed by atoms with van der Waals surface area (Å²) < 4.78 is 52.8. The van der Waals surface area contributed by atoms with Crippen LogP contribution < -0.4 is 4.80 Å². The Labute approximate surface area is 162 Å². The standard InChI is InChI=1S/C20H15F4N3S/c1-2-11-25-19-27(18(13-28-19)15-5-9-17(21)10-6-15)26-12-14-3-7-16(8-4-14)20(22,23)24/h2-10,12-13H,1,11H2. The van der Waals surface area contributed by atoms with Crippen molar-refractivity contribution in [2.24, 2.45) is 10.1 Å². The highest BCUT2D eigenvalue weighted by atomic mass is 32.1. The van der Waals surface area contributed by atoms with Gasteiger partial charge in [-0.3, -0.25) is 4.99 Å². The van der Waals surface area contributed by atoms with Crippen LogP contribution in [-0.2, 0) is 6.18 Å². The van der Waals surface area contributed by atoms with E-state index in [4.69, 9.17) is 0 Å². The third-order valence-corrected chi connectivity index (χ3v) is 4.60. The van der Waals surface area contributed by atoms with Crippen LogP contribution in [0.2, 0.25) is 0 Å². The Morgan fingerprint density at radius 3 is 2.32 bits per heavy atom. The van der Waals surface area contributed by atoms with Gasteiger partial charge < -0.3 is 0 Å². The first-order valence-corrected chi connectivity index (χ1v) is 9.06. The average molecular weight is 405 g/mol. The van der Waals surface area contributed by atoms with Crippen LogP contribution in [-0.4, -0.2) is 17.4 Å². The lowest BCUT2D eigenvalue weighted by Gasteiger charge is -2.06. The molecule has 8 heteroatoms. The predicted octanol–water partition coefficient (Wildman–Crippen LogP) is 5.34. The van der Waals surface area contributed by atoms with Crippen molar-refractivity contribution in [2.75, 3.05) is 6.54 Å². The van der Waals surface area contributed by atoms with Crippen LogP contribution in [0, 0.1) is 5.82 Å². The van der Waals surface area contributed by atoms with Crippen molar-refractivity contribution in [3.8, 4) is 11.3 Å². The number of alkyl halides is 3. The van der Waals surface area contributed by atoms with Crippen molar-refractivity contribution in [3.05, 3.63) is 88.3 Å². The molecule has 0 fully saturated rings. The highest BCUT2D eigenvalue weighted by molar-refractivity contribution is 7.07. The molecule has 0 spiro atoms. The van der Waals surface area contributed by atoms with E-state index in [9.17, 15) is 17.6 Å². The molecule has 0 saturated heterocycles. The molecule has 28 heavy (non-hydrogen) atoms. The van der Waals surface area contributed by atoms with E-state index in [0.717, 1.165) is 17.7 Å². The second-order valence-electron chi connectivity index (χ2n) is 5.72. The van der Waals surface area contributed by atoms with E-state index < -0.39 is 11.7 Å². The second kappa shape index (κ2) is 8.35. The highest BCUT2D eigenvalue weighted by Gasteiger charge is 2.29. The maximum atomic E-state index is 13.2. The van der Waals surface area contributed by atoms with E-state index in [-0.39, 0.29) is 5.82 Å². The van der Waals surface area contributed by atoms with Gasteiger partial charge in [0.25, 0.3) is 0 Å². The van der Waals surface area contributed by atoms with Crippen LogP contribution in [0.5, 0.6) is 0 Å². The summed E-state index contributed by atoms with van der Waals surface area (Å²) in [6.07, 6.45) is -1.29. The molecule has 0 bridgehead atoms. The smallest absolute Gasteiger partial charge is 0.253 e. The van der Waals surface area contributed by atoms with Gasteiger partial charge in [0.05, 0.1) is 24.0 Å². The summed E-state index contributed by atoms with van der Waals surface area (Å²) in [6.45, 7) is 4.02. The van der Waals surface area contributed by atoms with Gasteiger partial charge in [0, 0.05) is 10.9 Å². The zero-order valence-electron chi connectivity index (χ0n) is 14.5. The van der Waals surface area contributed by atoms with Crippen LogP contribution in [0.4, 0.5) is 17.6 Å². The molecule has 0 amide bonds. The molecular weight excluding hydrogens is 390 g/mol. The van der Waals surface area contributed by atoms with Gasteiger partial charge >= 0.3 is 6.18 Å². The Morgan fingerprint density at radius 2 is 1.71 bits per heavy atom. The van der Waals surface area contributed by atoms with Gasteiger partial charge in [-0.25, -0.2) is 9.07 Å². The molecule has 0 unspecified atom stereocenters. The van der Waals surface area contributed by atoms with E-state index in [1.165, 1.54) is 41.8 Å². The molecule has 3 nitrogen and oxygen atoms in total. The van der Waals surface area contributed by atoms with Crippen molar-refractivity contribution >= 4 is 17.6 Å². The SMILES string of the molecule is C=CCN=c1scc(-c2ccc(F)cc2)n1N=Cc1ccc(C(F)(F)F)cc1. The fourth-order valence-corrected chi connectivity index (χ4v) is 3.21. The van der Waals surface area contributed by atoms with Crippen LogP contribution in [0.15, 0.2) is 76.7 Å². The minimum absolute atomic E-state index is 0.352. The van der Waals surface area contributed by atoms with Crippen molar-refractivity contribution in [3.63, 3.8) is 0 Å². The molecule has 0 aliphatic carbocycles. The lowest BCUT2D eigenvalue weighted by atomic mass is 10.1. The van der Waals surface area contributed by atoms with Crippen molar-refractivity contribution < 1.29 is 17.6 Å². The zero-order valence-corrected chi connectivity index (χ0v) is 15.3. The van der Waals surface area contributed by atoms with Gasteiger partial charge in [0.15, 0.2) is 0 Å². The van der Waals surface area contributed by atoms with Gasteiger partial charge in [-0.05, 0) is 42.0 Å². The molecule has 144 valence electrons. The maximum Gasteiger partial charge on any atom is 0.416 e. The van der Waals surface area contributed by atoms with E-state index in [0.29, 0.717) is 22.6 Å². The summed E-state index contributed by atoms with van der Waals surface area (Å²) in [6, 6.07) is 10.6. The van der Waals surface area contributed by atoms with Crippen LogP contribution in [0.3, 0.4) is 0 Å². The van der Waals surface area contributed by atoms with E-state index >= 15 is 0 Å². The molecule has 0 N–H and O–H groups in total. The number of hydrogen-bond donors (Lipinski definition) is 0. The first-order valence-electron chi connectivity index (χ1n) is 8.18. The maximum absolute atomic E-state index is 13.2. The molecule has 0 atom stereocenters. The van der Waals surface area contributed by atoms with E-state index in [2.05, 4.69) is 16.7 Å². The topological polar surface area (TPSA) is 29.6 Å². The monoisotopic (exact) mass is 405 g/mol. The molecule has 3 rings (SSSR count). The third kappa shape index (κ3) is 4.64. The number of rotatable bonds is 5. The molecule has 3 aromatic rings. The molecule has 1 heterocycles. The van der Waals surface area contributed by atoms with Gasteiger partial charge in [0.2, 0.25) is 4.80 Å². The van der Waals surface area contributed by atoms with Crippen LogP contribution >= 0.6 is 11.3 Å². The minimum Gasteiger partial charge on any atom is -0.253 e. The van der Waals surface area contributed by atoms with Crippen molar-refractivity contribution in [2.45, 2.75) is 6.18 Å². The lowest BCUT2D eigenvalue weighted by Crippen LogP contribution is -2.12. The minimum atomic E-state index is -4.38. The fourth-order valence-electron chi connectivity index (χ4n) is 2.36. The first-order chi connectivity index (χ1) is 13.4. The van der Waals surface area contributed by atoms with Crippen LogP contribution in [0.25, 0.3) is 11.3 Å². The summed E-state index contributed by atoms with van der Waals surface area (Å²) in [5, 5.41) is 6.21. The van der Waals surface area contributed by atoms with Gasteiger partial charge in [-0.15, -0.1) is 17.9 Å².